The summed E-state index contributed by atoms with van der Waals surface area (Å²) in [5, 5.41) is 7.51. The molecule has 0 spiro atoms. The van der Waals surface area contributed by atoms with Crippen molar-refractivity contribution in [2.24, 2.45) is 5.14 Å². The van der Waals surface area contributed by atoms with Gasteiger partial charge < -0.3 is 4.74 Å². The van der Waals surface area contributed by atoms with E-state index in [0.717, 1.165) is 12.1 Å². The number of rotatable bonds is 4. The minimum Gasteiger partial charge on any atom is -0.458 e. The minimum absolute atomic E-state index is 0.386. The predicted octanol–water partition coefficient (Wildman–Crippen LogP) is 0.768. The van der Waals surface area contributed by atoms with E-state index in [-0.39, 0.29) is 5.56 Å². The number of sulfonamides is 1. The Morgan fingerprint density at radius 1 is 1.17 bits per heavy atom. The first-order chi connectivity index (χ1) is 11.3. The van der Waals surface area contributed by atoms with Crippen LogP contribution in [0.5, 0.6) is 6.01 Å². The molecule has 3 aromatic rings. The number of aromatic nitrogens is 4. The van der Waals surface area contributed by atoms with Gasteiger partial charge in [0.25, 0.3) is 15.2 Å². The summed E-state index contributed by atoms with van der Waals surface area (Å²) >= 11 is 0. The third-order valence-corrected chi connectivity index (χ3v) is 3.61. The fraction of sp³-hybridized carbons (Fsp3) is 0.0833. The minimum atomic E-state index is -4.29. The predicted molar refractivity (Wildman–Crippen MR) is 72.8 cm³/mol. The standard InChI is InChI=1S/C12H8F3N5O3S/c13-7-2-1-3-8(14)6(7)5-23-12-17-4-9(15)10-18-11(19-20(10)12)24(16,21)22/h1-4H,5H2,(H2,16,21,22). The first-order valence-corrected chi connectivity index (χ1v) is 7.82. The molecule has 0 unspecified atom stereocenters. The van der Waals surface area contributed by atoms with Crippen LogP contribution in [0, 0.1) is 17.5 Å². The van der Waals surface area contributed by atoms with Gasteiger partial charge in [-0.15, -0.1) is 5.10 Å². The van der Waals surface area contributed by atoms with Crippen molar-refractivity contribution in [2.45, 2.75) is 11.8 Å². The Morgan fingerprint density at radius 3 is 2.46 bits per heavy atom. The average molecular weight is 359 g/mol. The van der Waals surface area contributed by atoms with E-state index in [1.165, 1.54) is 6.07 Å². The number of hydrogen-bond acceptors (Lipinski definition) is 6. The zero-order chi connectivity index (χ0) is 17.5. The summed E-state index contributed by atoms with van der Waals surface area (Å²) in [5.41, 5.74) is -0.901. The van der Waals surface area contributed by atoms with Gasteiger partial charge in [0.1, 0.15) is 18.2 Å². The highest BCUT2D eigenvalue weighted by Crippen LogP contribution is 2.18. The second-order valence-electron chi connectivity index (χ2n) is 4.55. The van der Waals surface area contributed by atoms with E-state index < -0.39 is 50.9 Å². The Bertz CT molecular complexity index is 1020. The summed E-state index contributed by atoms with van der Waals surface area (Å²) in [6, 6.07) is 2.82. The lowest BCUT2D eigenvalue weighted by atomic mass is 10.2. The smallest absolute Gasteiger partial charge is 0.320 e. The molecule has 0 saturated heterocycles. The number of primary sulfonamides is 1. The van der Waals surface area contributed by atoms with Crippen molar-refractivity contribution in [1.82, 2.24) is 19.6 Å². The van der Waals surface area contributed by atoms with Crippen LogP contribution in [0.15, 0.2) is 29.6 Å². The highest BCUT2D eigenvalue weighted by Gasteiger charge is 2.21. The number of halogens is 3. The molecule has 0 radical (unpaired) electrons. The first kappa shape index (κ1) is 16.1. The Kier molecular flexibility index (Phi) is 3.85. The molecule has 8 nitrogen and oxygen atoms in total. The lowest BCUT2D eigenvalue weighted by Gasteiger charge is -2.08. The van der Waals surface area contributed by atoms with Crippen LogP contribution in [0.2, 0.25) is 0 Å². The van der Waals surface area contributed by atoms with E-state index >= 15 is 0 Å². The molecule has 0 atom stereocenters. The van der Waals surface area contributed by atoms with Crippen LogP contribution >= 0.6 is 0 Å². The third kappa shape index (κ3) is 2.88. The van der Waals surface area contributed by atoms with Crippen LogP contribution in [0.4, 0.5) is 13.2 Å². The monoisotopic (exact) mass is 359 g/mol. The normalized spacial score (nSPS) is 11.8. The van der Waals surface area contributed by atoms with Gasteiger partial charge in [0.2, 0.25) is 0 Å². The van der Waals surface area contributed by atoms with Crippen molar-refractivity contribution in [3.05, 3.63) is 47.4 Å². The van der Waals surface area contributed by atoms with Gasteiger partial charge in [-0.3, -0.25) is 0 Å². The molecule has 2 N–H and O–H groups in total. The topological polar surface area (TPSA) is 112 Å². The van der Waals surface area contributed by atoms with E-state index in [1.807, 2.05) is 0 Å². The average Bonchev–Trinajstić information content (AvgIpc) is 2.95. The second-order valence-corrected chi connectivity index (χ2v) is 6.01. The van der Waals surface area contributed by atoms with Crippen LogP contribution < -0.4 is 9.88 Å². The quantitative estimate of drug-likeness (QED) is 0.736. The highest BCUT2D eigenvalue weighted by atomic mass is 32.2. The molecular formula is C12H8F3N5O3S. The molecule has 3 rings (SSSR count). The summed E-state index contributed by atoms with van der Waals surface area (Å²) in [6.07, 6.45) is 0.698. The lowest BCUT2D eigenvalue weighted by molar-refractivity contribution is 0.260. The maximum absolute atomic E-state index is 13.7. The molecule has 24 heavy (non-hydrogen) atoms. The van der Waals surface area contributed by atoms with Gasteiger partial charge >= 0.3 is 6.01 Å². The van der Waals surface area contributed by atoms with Gasteiger partial charge in [-0.05, 0) is 12.1 Å². The summed E-state index contributed by atoms with van der Waals surface area (Å²) in [4.78, 5) is 6.99. The van der Waals surface area contributed by atoms with Gasteiger partial charge in [-0.1, -0.05) is 6.07 Å². The van der Waals surface area contributed by atoms with Gasteiger partial charge in [-0.2, -0.15) is 9.50 Å². The number of fused-ring (bicyclic) bond motifs is 1. The fourth-order valence-corrected chi connectivity index (χ4v) is 2.24. The number of benzene rings is 1. The number of nitrogens with zero attached hydrogens (tertiary/aromatic N) is 4. The van der Waals surface area contributed by atoms with Crippen molar-refractivity contribution in [1.29, 1.82) is 0 Å². The Morgan fingerprint density at radius 2 is 1.83 bits per heavy atom. The van der Waals surface area contributed by atoms with Crippen molar-refractivity contribution in [2.75, 3.05) is 0 Å². The molecule has 0 aliphatic rings. The van der Waals surface area contributed by atoms with Crippen LogP contribution in [0.3, 0.4) is 0 Å². The van der Waals surface area contributed by atoms with Crippen molar-refractivity contribution in [3.63, 3.8) is 0 Å². The Labute approximate surface area is 132 Å². The SMILES string of the molecule is NS(=O)(=O)c1nc2c(F)cnc(OCc3c(F)cccc3F)n2n1. The van der Waals surface area contributed by atoms with Crippen LogP contribution in [0.1, 0.15) is 5.56 Å². The Balaban J connectivity index is 2.01. The van der Waals surface area contributed by atoms with Gasteiger partial charge in [0.15, 0.2) is 11.5 Å². The molecule has 1 aromatic carbocycles. The van der Waals surface area contributed by atoms with Gasteiger partial charge in [0.05, 0.1) is 11.8 Å². The maximum Gasteiger partial charge on any atom is 0.320 e. The van der Waals surface area contributed by atoms with E-state index in [2.05, 4.69) is 15.1 Å². The van der Waals surface area contributed by atoms with E-state index in [4.69, 9.17) is 9.88 Å². The zero-order valence-corrected chi connectivity index (χ0v) is 12.5. The number of hydrogen-bond donors (Lipinski definition) is 1. The van der Waals surface area contributed by atoms with Crippen molar-refractivity contribution < 1.29 is 26.3 Å². The number of ether oxygens (including phenoxy) is 1. The van der Waals surface area contributed by atoms with E-state index in [9.17, 15) is 21.6 Å². The van der Waals surface area contributed by atoms with Crippen LogP contribution in [-0.4, -0.2) is 28.0 Å². The molecule has 0 fully saturated rings. The van der Waals surface area contributed by atoms with Crippen molar-refractivity contribution in [3.8, 4) is 6.01 Å². The molecule has 0 amide bonds. The molecule has 2 aromatic heterocycles. The van der Waals surface area contributed by atoms with Gasteiger partial charge in [0, 0.05) is 0 Å². The number of nitrogens with two attached hydrogens (primary N) is 1. The molecule has 0 bridgehead atoms. The molecule has 0 aliphatic carbocycles. The van der Waals surface area contributed by atoms with E-state index in [0.29, 0.717) is 10.7 Å². The third-order valence-electron chi connectivity index (χ3n) is 2.93. The van der Waals surface area contributed by atoms with Crippen molar-refractivity contribution >= 4 is 15.7 Å². The molecule has 0 saturated carbocycles. The highest BCUT2D eigenvalue weighted by molar-refractivity contribution is 7.89. The van der Waals surface area contributed by atoms with Gasteiger partial charge in [-0.25, -0.2) is 31.7 Å². The second kappa shape index (κ2) is 5.72. The Hall–Kier alpha value is -2.73. The molecule has 0 aliphatic heterocycles. The van der Waals surface area contributed by atoms with Crippen LogP contribution in [0.25, 0.3) is 5.65 Å². The largest absolute Gasteiger partial charge is 0.458 e. The maximum atomic E-state index is 13.7. The summed E-state index contributed by atoms with van der Waals surface area (Å²) in [7, 11) is -4.29. The molecule has 2 heterocycles. The lowest BCUT2D eigenvalue weighted by Crippen LogP contribution is -2.14. The molecule has 12 heteroatoms. The summed E-state index contributed by atoms with van der Waals surface area (Å²) < 4.78 is 69.0. The summed E-state index contributed by atoms with van der Waals surface area (Å²) in [6.45, 7) is -0.587. The molecule has 126 valence electrons. The first-order valence-electron chi connectivity index (χ1n) is 6.27. The summed E-state index contributed by atoms with van der Waals surface area (Å²) in [5.74, 6) is -2.68. The molecular weight excluding hydrogens is 351 g/mol. The van der Waals surface area contributed by atoms with Crippen LogP contribution in [-0.2, 0) is 16.6 Å². The fourth-order valence-electron chi connectivity index (χ4n) is 1.83. The van der Waals surface area contributed by atoms with E-state index in [1.54, 1.807) is 0 Å². The zero-order valence-electron chi connectivity index (χ0n) is 11.6.